The predicted octanol–water partition coefficient (Wildman–Crippen LogP) is 4.15. The van der Waals surface area contributed by atoms with Crippen molar-refractivity contribution in [1.82, 2.24) is 9.97 Å². The Kier molecular flexibility index (Phi) is 3.74. The Labute approximate surface area is 109 Å². The number of para-hydroxylation sites is 1. The van der Waals surface area contributed by atoms with Crippen LogP contribution in [0.25, 0.3) is 0 Å². The highest BCUT2D eigenvalue weighted by molar-refractivity contribution is 9.10. The molecule has 1 heterocycles. The van der Waals surface area contributed by atoms with Crippen molar-refractivity contribution in [3.8, 4) is 11.8 Å². The van der Waals surface area contributed by atoms with Crippen LogP contribution < -0.4 is 4.74 Å². The lowest BCUT2D eigenvalue weighted by molar-refractivity contribution is 0.434. The third kappa shape index (κ3) is 3.03. The summed E-state index contributed by atoms with van der Waals surface area (Å²) in [6, 6.07) is 8.30. The van der Waals surface area contributed by atoms with Crippen molar-refractivity contribution in [2.75, 3.05) is 0 Å². The number of nitrogens with zero attached hydrogens (tertiary/aromatic N) is 2. The van der Waals surface area contributed by atoms with E-state index < -0.39 is 0 Å². The van der Waals surface area contributed by atoms with Gasteiger partial charge in [0.05, 0.1) is 4.47 Å². The number of rotatable bonds is 3. The number of hydrogen-bond acceptors (Lipinski definition) is 3. The Bertz CT molecular complexity index is 497. The molecule has 0 N–H and O–H groups in total. The van der Waals surface area contributed by atoms with Gasteiger partial charge in [0.1, 0.15) is 5.75 Å². The first kappa shape index (κ1) is 12.0. The van der Waals surface area contributed by atoms with E-state index in [4.69, 9.17) is 4.74 Å². The van der Waals surface area contributed by atoms with Gasteiger partial charge in [0.25, 0.3) is 0 Å². The van der Waals surface area contributed by atoms with E-state index in [-0.39, 0.29) is 0 Å². The second-order valence-corrected chi connectivity index (χ2v) is 4.89. The van der Waals surface area contributed by atoms with E-state index in [1.54, 1.807) is 12.4 Å². The quantitative estimate of drug-likeness (QED) is 0.852. The van der Waals surface area contributed by atoms with Crippen molar-refractivity contribution >= 4 is 15.9 Å². The fraction of sp³-hybridized carbons (Fsp3) is 0.231. The lowest BCUT2D eigenvalue weighted by Crippen LogP contribution is -1.96. The SMILES string of the molecule is CC(C)c1ccccc1Oc1ncc(Br)cn1. The van der Waals surface area contributed by atoms with Crippen molar-refractivity contribution in [3.63, 3.8) is 0 Å². The summed E-state index contributed by atoms with van der Waals surface area (Å²) < 4.78 is 6.52. The maximum atomic E-state index is 5.68. The average molecular weight is 293 g/mol. The van der Waals surface area contributed by atoms with Crippen LogP contribution in [0.4, 0.5) is 0 Å². The standard InChI is InChI=1S/C13H13BrN2O/c1-9(2)11-5-3-4-6-12(11)17-13-15-7-10(14)8-16-13/h3-9H,1-2H3. The maximum absolute atomic E-state index is 5.68. The molecule has 0 saturated heterocycles. The van der Waals surface area contributed by atoms with Crippen LogP contribution in [0.1, 0.15) is 25.3 Å². The highest BCUT2D eigenvalue weighted by Gasteiger charge is 2.08. The second-order valence-electron chi connectivity index (χ2n) is 3.98. The third-order valence-corrected chi connectivity index (χ3v) is 2.75. The Hall–Kier alpha value is -1.42. The summed E-state index contributed by atoms with van der Waals surface area (Å²) in [7, 11) is 0. The molecule has 2 aromatic rings. The average Bonchev–Trinajstić information content (AvgIpc) is 2.32. The third-order valence-electron chi connectivity index (χ3n) is 2.34. The summed E-state index contributed by atoms with van der Waals surface area (Å²) in [6.45, 7) is 4.26. The zero-order valence-electron chi connectivity index (χ0n) is 9.72. The molecule has 0 amide bonds. The number of halogens is 1. The molecule has 88 valence electrons. The van der Waals surface area contributed by atoms with Gasteiger partial charge in [-0.25, -0.2) is 9.97 Å². The molecule has 0 spiro atoms. The lowest BCUT2D eigenvalue weighted by atomic mass is 10.0. The van der Waals surface area contributed by atoms with Crippen molar-refractivity contribution in [3.05, 3.63) is 46.7 Å². The Morgan fingerprint density at radius 2 is 1.76 bits per heavy atom. The van der Waals surface area contributed by atoms with Crippen LogP contribution in [0.5, 0.6) is 11.8 Å². The molecule has 3 nitrogen and oxygen atoms in total. The molecule has 0 radical (unpaired) electrons. The van der Waals surface area contributed by atoms with Crippen molar-refractivity contribution in [2.45, 2.75) is 19.8 Å². The van der Waals surface area contributed by atoms with Crippen molar-refractivity contribution in [1.29, 1.82) is 0 Å². The summed E-state index contributed by atoms with van der Waals surface area (Å²) in [4.78, 5) is 8.19. The van der Waals surface area contributed by atoms with Crippen LogP contribution in [0.3, 0.4) is 0 Å². The van der Waals surface area contributed by atoms with E-state index in [0.717, 1.165) is 15.8 Å². The van der Waals surface area contributed by atoms with Crippen LogP contribution in [0.2, 0.25) is 0 Å². The van der Waals surface area contributed by atoms with Crippen molar-refractivity contribution in [2.24, 2.45) is 0 Å². The van der Waals surface area contributed by atoms with Gasteiger partial charge in [0.15, 0.2) is 0 Å². The summed E-state index contributed by atoms with van der Waals surface area (Å²) >= 11 is 3.29. The van der Waals surface area contributed by atoms with Crippen molar-refractivity contribution < 1.29 is 4.74 Å². The molecule has 0 aliphatic heterocycles. The number of benzene rings is 1. The van der Waals surface area contributed by atoms with E-state index in [0.29, 0.717) is 11.9 Å². The minimum atomic E-state index is 0.362. The van der Waals surface area contributed by atoms with Gasteiger partial charge in [-0.05, 0) is 33.5 Å². The summed E-state index contributed by atoms with van der Waals surface area (Å²) in [5.74, 6) is 1.21. The van der Waals surface area contributed by atoms with Crippen LogP contribution >= 0.6 is 15.9 Å². The summed E-state index contributed by atoms with van der Waals surface area (Å²) in [5, 5.41) is 0. The molecule has 0 saturated carbocycles. The van der Waals surface area contributed by atoms with Gasteiger partial charge >= 0.3 is 6.01 Å². The van der Waals surface area contributed by atoms with Gasteiger partial charge in [0, 0.05) is 12.4 Å². The molecule has 0 aliphatic rings. The van der Waals surface area contributed by atoms with E-state index in [1.165, 1.54) is 0 Å². The highest BCUT2D eigenvalue weighted by Crippen LogP contribution is 2.28. The van der Waals surface area contributed by atoms with Gasteiger partial charge in [-0.1, -0.05) is 32.0 Å². The summed E-state index contributed by atoms with van der Waals surface area (Å²) in [5.41, 5.74) is 1.15. The van der Waals surface area contributed by atoms with Gasteiger partial charge in [-0.15, -0.1) is 0 Å². The molecule has 1 aromatic carbocycles. The van der Waals surface area contributed by atoms with Gasteiger partial charge in [-0.2, -0.15) is 0 Å². The Morgan fingerprint density at radius 1 is 1.12 bits per heavy atom. The summed E-state index contributed by atoms with van der Waals surface area (Å²) in [6.07, 6.45) is 3.33. The van der Waals surface area contributed by atoms with Crippen LogP contribution in [-0.4, -0.2) is 9.97 Å². The van der Waals surface area contributed by atoms with Crippen LogP contribution in [0, 0.1) is 0 Å². The van der Waals surface area contributed by atoms with Gasteiger partial charge in [0.2, 0.25) is 0 Å². The smallest absolute Gasteiger partial charge is 0.321 e. The first-order valence-corrected chi connectivity index (χ1v) is 6.20. The van der Waals surface area contributed by atoms with E-state index in [2.05, 4.69) is 45.8 Å². The molecular formula is C13H13BrN2O. The monoisotopic (exact) mass is 292 g/mol. The zero-order chi connectivity index (χ0) is 12.3. The zero-order valence-corrected chi connectivity index (χ0v) is 11.3. The number of aromatic nitrogens is 2. The fourth-order valence-electron chi connectivity index (χ4n) is 1.50. The minimum Gasteiger partial charge on any atom is -0.424 e. The van der Waals surface area contributed by atoms with E-state index in [1.807, 2.05) is 18.2 Å². The molecule has 1 aromatic heterocycles. The number of ether oxygens (including phenoxy) is 1. The molecule has 0 unspecified atom stereocenters. The largest absolute Gasteiger partial charge is 0.424 e. The minimum absolute atomic E-state index is 0.362. The topological polar surface area (TPSA) is 35.0 Å². The molecule has 0 atom stereocenters. The van der Waals surface area contributed by atoms with E-state index in [9.17, 15) is 0 Å². The molecule has 0 aliphatic carbocycles. The molecule has 2 rings (SSSR count). The molecular weight excluding hydrogens is 280 g/mol. The van der Waals surface area contributed by atoms with Crippen LogP contribution in [0.15, 0.2) is 41.1 Å². The predicted molar refractivity (Wildman–Crippen MR) is 70.3 cm³/mol. The van der Waals surface area contributed by atoms with Crippen LogP contribution in [-0.2, 0) is 0 Å². The molecule has 0 fully saturated rings. The molecule has 17 heavy (non-hydrogen) atoms. The Balaban J connectivity index is 2.26. The molecule has 4 heteroatoms. The fourth-order valence-corrected chi connectivity index (χ4v) is 1.71. The first-order valence-electron chi connectivity index (χ1n) is 5.41. The maximum Gasteiger partial charge on any atom is 0.321 e. The number of hydrogen-bond donors (Lipinski definition) is 0. The van der Waals surface area contributed by atoms with Gasteiger partial charge < -0.3 is 4.74 Å². The Morgan fingerprint density at radius 3 is 2.41 bits per heavy atom. The van der Waals surface area contributed by atoms with E-state index >= 15 is 0 Å². The second kappa shape index (κ2) is 5.27. The molecule has 0 bridgehead atoms. The lowest BCUT2D eigenvalue weighted by Gasteiger charge is -2.11. The highest BCUT2D eigenvalue weighted by atomic mass is 79.9. The first-order chi connectivity index (χ1) is 8.16. The normalized spacial score (nSPS) is 10.6. The van der Waals surface area contributed by atoms with Gasteiger partial charge in [-0.3, -0.25) is 0 Å².